The smallest absolute Gasteiger partial charge is 0.186 e. The van der Waals surface area contributed by atoms with Gasteiger partial charge in [0.15, 0.2) is 12.6 Å². The van der Waals surface area contributed by atoms with Gasteiger partial charge in [0.25, 0.3) is 0 Å². The van der Waals surface area contributed by atoms with Crippen LogP contribution in [-0.4, -0.2) is 128 Å². The van der Waals surface area contributed by atoms with E-state index in [2.05, 4.69) is 54.5 Å². The largest absolute Gasteiger partial charge is 0.396 e. The molecule has 18 unspecified atom stereocenters. The van der Waals surface area contributed by atoms with Crippen LogP contribution < -0.4 is 0 Å². The highest BCUT2D eigenvalue weighted by molar-refractivity contribution is 5.35. The van der Waals surface area contributed by atoms with Crippen LogP contribution in [0, 0.1) is 50.2 Å². The van der Waals surface area contributed by atoms with Gasteiger partial charge in [-0.15, -0.1) is 0 Å². The van der Waals surface area contributed by atoms with E-state index in [1.165, 1.54) is 5.57 Å². The summed E-state index contributed by atoms with van der Waals surface area (Å²) in [6, 6.07) is 0. The molecule has 0 radical (unpaired) electrons. The average molecular weight is 753 g/mol. The summed E-state index contributed by atoms with van der Waals surface area (Å²) in [6.07, 6.45) is -2.91. The van der Waals surface area contributed by atoms with E-state index in [1.54, 1.807) is 0 Å². The van der Waals surface area contributed by atoms with Crippen molar-refractivity contribution in [1.29, 1.82) is 0 Å². The number of aliphatic hydroxyl groups is 8. The fourth-order valence-electron chi connectivity index (χ4n) is 13.5. The number of aliphatic hydroxyl groups excluding tert-OH is 8. The van der Waals surface area contributed by atoms with Crippen LogP contribution in [0.1, 0.15) is 106 Å². The van der Waals surface area contributed by atoms with Gasteiger partial charge in [0.1, 0.15) is 42.7 Å². The molecule has 18 atom stereocenters. The Labute approximate surface area is 314 Å². The summed E-state index contributed by atoms with van der Waals surface area (Å²) in [7, 11) is 0. The lowest BCUT2D eigenvalue weighted by Gasteiger charge is -2.72. The van der Waals surface area contributed by atoms with Gasteiger partial charge in [-0.1, -0.05) is 60.1 Å². The van der Waals surface area contributed by atoms with E-state index < -0.39 is 73.4 Å². The SMILES string of the molecule is CC1(C)CCC2(CO)C(O)CC3(C)C(=CCC4C5(C)CCC(OC6OC(CO)C(OC7OCC(O)C(O)C7O)C(O)C6O)C(C)(C)C5CCC43C)C2C1. The van der Waals surface area contributed by atoms with E-state index in [1.807, 2.05) is 0 Å². The molecule has 7 aliphatic rings. The summed E-state index contributed by atoms with van der Waals surface area (Å²) in [5.41, 5.74) is 0.558. The predicted octanol–water partition coefficient (Wildman–Crippen LogP) is 2.40. The van der Waals surface area contributed by atoms with Crippen LogP contribution in [0.5, 0.6) is 0 Å². The average Bonchev–Trinajstić information content (AvgIpc) is 3.09. The molecule has 2 aliphatic heterocycles. The highest BCUT2D eigenvalue weighted by atomic mass is 16.7. The summed E-state index contributed by atoms with van der Waals surface area (Å²) in [5.74, 6) is 0.824. The molecular formula is C41H68O12. The Balaban J connectivity index is 1.09. The van der Waals surface area contributed by atoms with Crippen LogP contribution in [0.25, 0.3) is 0 Å². The van der Waals surface area contributed by atoms with Crippen LogP contribution in [0.2, 0.25) is 0 Å². The summed E-state index contributed by atoms with van der Waals surface area (Å²) in [6.45, 7) is 15.6. The van der Waals surface area contributed by atoms with E-state index in [0.29, 0.717) is 18.8 Å². The van der Waals surface area contributed by atoms with Gasteiger partial charge < -0.3 is 59.8 Å². The van der Waals surface area contributed by atoms with Gasteiger partial charge in [-0.3, -0.25) is 0 Å². The van der Waals surface area contributed by atoms with Crippen molar-refractivity contribution in [2.45, 2.75) is 174 Å². The lowest BCUT2D eigenvalue weighted by molar-refractivity contribution is -0.360. The van der Waals surface area contributed by atoms with Crippen LogP contribution in [0.4, 0.5) is 0 Å². The first-order valence-electron chi connectivity index (χ1n) is 20.3. The van der Waals surface area contributed by atoms with Crippen LogP contribution in [-0.2, 0) is 18.9 Å². The third-order valence-corrected chi connectivity index (χ3v) is 17.0. The Morgan fingerprint density at radius 3 is 2.13 bits per heavy atom. The molecule has 8 N–H and O–H groups in total. The Morgan fingerprint density at radius 2 is 1.45 bits per heavy atom. The molecule has 0 aromatic rings. The van der Waals surface area contributed by atoms with E-state index in [-0.39, 0.29) is 58.2 Å². The van der Waals surface area contributed by atoms with Crippen molar-refractivity contribution in [3.05, 3.63) is 11.6 Å². The lowest BCUT2D eigenvalue weighted by Crippen LogP contribution is -2.67. The maximum absolute atomic E-state index is 12.0. The van der Waals surface area contributed by atoms with Gasteiger partial charge in [-0.05, 0) is 103 Å². The summed E-state index contributed by atoms with van der Waals surface area (Å²) < 4.78 is 23.8. The molecule has 304 valence electrons. The van der Waals surface area contributed by atoms with E-state index in [4.69, 9.17) is 18.9 Å². The minimum Gasteiger partial charge on any atom is -0.396 e. The highest BCUT2D eigenvalue weighted by Gasteiger charge is 2.70. The molecule has 2 heterocycles. The predicted molar refractivity (Wildman–Crippen MR) is 193 cm³/mol. The maximum atomic E-state index is 12.0. The minimum atomic E-state index is -1.61. The zero-order chi connectivity index (χ0) is 38.7. The Kier molecular flexibility index (Phi) is 10.4. The van der Waals surface area contributed by atoms with Crippen molar-refractivity contribution in [3.63, 3.8) is 0 Å². The monoisotopic (exact) mass is 752 g/mol. The summed E-state index contributed by atoms with van der Waals surface area (Å²) in [5, 5.41) is 85.9. The Morgan fingerprint density at radius 1 is 0.755 bits per heavy atom. The first kappa shape index (κ1) is 40.5. The molecule has 2 saturated heterocycles. The van der Waals surface area contributed by atoms with E-state index >= 15 is 0 Å². The van der Waals surface area contributed by atoms with Gasteiger partial charge in [0, 0.05) is 5.41 Å². The Hall–Kier alpha value is -0.740. The van der Waals surface area contributed by atoms with Crippen LogP contribution in [0.15, 0.2) is 11.6 Å². The number of hydrogen-bond acceptors (Lipinski definition) is 12. The zero-order valence-electron chi connectivity index (χ0n) is 32.9. The highest BCUT2D eigenvalue weighted by Crippen LogP contribution is 2.75. The number of ether oxygens (including phenoxy) is 4. The molecule has 4 saturated carbocycles. The van der Waals surface area contributed by atoms with Gasteiger partial charge in [-0.2, -0.15) is 0 Å². The number of rotatable bonds is 6. The first-order chi connectivity index (χ1) is 24.7. The second-order valence-electron chi connectivity index (χ2n) is 20.4. The van der Waals surface area contributed by atoms with Crippen LogP contribution in [0.3, 0.4) is 0 Å². The molecule has 53 heavy (non-hydrogen) atoms. The van der Waals surface area contributed by atoms with Gasteiger partial charge >= 0.3 is 0 Å². The molecule has 0 bridgehead atoms. The van der Waals surface area contributed by atoms with E-state index in [9.17, 15) is 40.9 Å². The quantitative estimate of drug-likeness (QED) is 0.146. The van der Waals surface area contributed by atoms with Crippen molar-refractivity contribution in [2.75, 3.05) is 19.8 Å². The second kappa shape index (κ2) is 13.7. The molecule has 0 aromatic heterocycles. The molecule has 0 spiro atoms. The molecule has 12 nitrogen and oxygen atoms in total. The van der Waals surface area contributed by atoms with Gasteiger partial charge in [0.05, 0.1) is 32.0 Å². The normalized spacial score (nSPS) is 54.8. The van der Waals surface area contributed by atoms with Crippen molar-refractivity contribution >= 4 is 0 Å². The topological polar surface area (TPSA) is 199 Å². The molecule has 6 fully saturated rings. The molecule has 7 rings (SSSR count). The number of hydrogen-bond donors (Lipinski definition) is 8. The van der Waals surface area contributed by atoms with Gasteiger partial charge in [-0.25, -0.2) is 0 Å². The fraction of sp³-hybridized carbons (Fsp3) is 0.951. The third kappa shape index (κ3) is 5.98. The van der Waals surface area contributed by atoms with Crippen molar-refractivity contribution in [2.24, 2.45) is 50.2 Å². The molecular weight excluding hydrogens is 684 g/mol. The molecule has 0 amide bonds. The summed E-state index contributed by atoms with van der Waals surface area (Å²) in [4.78, 5) is 0. The number of allylic oxidation sites excluding steroid dienone is 2. The van der Waals surface area contributed by atoms with Gasteiger partial charge in [0.2, 0.25) is 0 Å². The second-order valence-corrected chi connectivity index (χ2v) is 20.4. The number of fused-ring (bicyclic) bond motifs is 7. The summed E-state index contributed by atoms with van der Waals surface area (Å²) >= 11 is 0. The molecule has 5 aliphatic carbocycles. The Bertz CT molecular complexity index is 1390. The van der Waals surface area contributed by atoms with Crippen molar-refractivity contribution in [3.8, 4) is 0 Å². The minimum absolute atomic E-state index is 0.0220. The fourth-order valence-corrected chi connectivity index (χ4v) is 13.5. The molecule has 0 aromatic carbocycles. The van der Waals surface area contributed by atoms with Crippen molar-refractivity contribution in [1.82, 2.24) is 0 Å². The lowest BCUT2D eigenvalue weighted by atomic mass is 9.33. The zero-order valence-corrected chi connectivity index (χ0v) is 32.9. The van der Waals surface area contributed by atoms with Crippen LogP contribution >= 0.6 is 0 Å². The first-order valence-corrected chi connectivity index (χ1v) is 20.3. The van der Waals surface area contributed by atoms with E-state index in [0.717, 1.165) is 44.9 Å². The third-order valence-electron chi connectivity index (χ3n) is 17.0. The van der Waals surface area contributed by atoms with Crippen molar-refractivity contribution < 1.29 is 59.8 Å². The standard InChI is InChI=1S/C41H68O12/c1-36(2)14-15-41(20-43)22(16-36)21-8-9-26-38(5)12-11-28(37(3,4)25(38)10-13-39(26,6)40(21,7)17-27(41)45)52-35-32(49)30(47)33(24(18-42)51-35)53-34-31(48)29(46)23(44)19-50-34/h8,22-35,42-49H,9-20H2,1-7H3. The molecule has 12 heteroatoms. The maximum Gasteiger partial charge on any atom is 0.186 e.